The second kappa shape index (κ2) is 3.67. The van der Waals surface area contributed by atoms with E-state index >= 15 is 0 Å². The van der Waals surface area contributed by atoms with Crippen LogP contribution in [0, 0.1) is 13.8 Å². The first-order chi connectivity index (χ1) is 6.06. The molecule has 1 rings (SSSR count). The monoisotopic (exact) mass is 196 g/mol. The third-order valence-electron chi connectivity index (χ3n) is 1.81. The van der Waals surface area contributed by atoms with Gasteiger partial charge in [0.1, 0.15) is 5.75 Å². The summed E-state index contributed by atoms with van der Waals surface area (Å²) in [5, 5.41) is 9.18. The summed E-state index contributed by atoms with van der Waals surface area (Å²) in [4.78, 5) is 11.2. The molecule has 1 N–H and O–H groups in total. The fraction of sp³-hybridized carbons (Fsp3) is 0.222. The molecule has 0 spiro atoms. The molecule has 0 fully saturated rings. The predicted molar refractivity (Wildman–Crippen MR) is 49.5 cm³/mol. The molecule has 0 saturated heterocycles. The highest BCUT2D eigenvalue weighted by atomic mass is 31.1. The average Bonchev–Trinajstić information content (AvgIpc) is 2.02. The lowest BCUT2D eigenvalue weighted by Crippen LogP contribution is -1.97. The van der Waals surface area contributed by atoms with Gasteiger partial charge in [-0.1, -0.05) is 0 Å². The van der Waals surface area contributed by atoms with Gasteiger partial charge in [0, 0.05) is 5.56 Å². The molecule has 1 aromatic rings. The predicted octanol–water partition coefficient (Wildman–Crippen LogP) is 2.44. The third kappa shape index (κ3) is 1.93. The van der Waals surface area contributed by atoms with Gasteiger partial charge in [-0.15, -0.1) is 0 Å². The zero-order valence-electron chi connectivity index (χ0n) is 7.37. The maximum absolute atomic E-state index is 11.2. The Hall–Kier alpha value is -1.21. The van der Waals surface area contributed by atoms with Crippen LogP contribution in [0.15, 0.2) is 12.1 Å². The Morgan fingerprint density at radius 3 is 2.15 bits per heavy atom. The van der Waals surface area contributed by atoms with E-state index in [0.29, 0.717) is 16.7 Å². The quantitative estimate of drug-likeness (QED) is 0.739. The van der Waals surface area contributed by atoms with Gasteiger partial charge in [0.15, 0.2) is 0 Å². The van der Waals surface area contributed by atoms with E-state index in [0.717, 1.165) is 0 Å². The van der Waals surface area contributed by atoms with Gasteiger partial charge in [-0.25, -0.2) is 0 Å². The summed E-state index contributed by atoms with van der Waals surface area (Å²) >= 11 is 0. The molecule has 0 saturated carbocycles. The molecule has 0 atom stereocenters. The zero-order chi connectivity index (χ0) is 10.0. The van der Waals surface area contributed by atoms with Gasteiger partial charge >= 0.3 is 0 Å². The van der Waals surface area contributed by atoms with Crippen molar-refractivity contribution >= 4 is 14.0 Å². The van der Waals surface area contributed by atoms with Gasteiger partial charge < -0.3 is 5.11 Å². The fourth-order valence-electron chi connectivity index (χ4n) is 1.32. The molecule has 0 heterocycles. The summed E-state index contributed by atoms with van der Waals surface area (Å²) < 4.78 is 10.4. The minimum atomic E-state index is -0.515. The highest BCUT2D eigenvalue weighted by molar-refractivity contribution is 7.47. The third-order valence-corrected chi connectivity index (χ3v) is 2.20. The standard InChI is InChI=1S/C9H9O3P/c1-5-3-7(10)4-6(2)8(5)9(11)13-12/h3-4,10H,1-2H3. The molecule has 0 radical (unpaired) electrons. The first-order valence-corrected chi connectivity index (χ1v) is 4.55. The minimum absolute atomic E-state index is 0.120. The lowest BCUT2D eigenvalue weighted by Gasteiger charge is -2.05. The second-order valence-electron chi connectivity index (χ2n) is 2.85. The summed E-state index contributed by atoms with van der Waals surface area (Å²) in [5.41, 5.74) is 1.26. The fourth-order valence-corrected chi connectivity index (χ4v) is 1.77. The van der Waals surface area contributed by atoms with Gasteiger partial charge in [0.2, 0.25) is 8.46 Å². The van der Waals surface area contributed by atoms with Crippen LogP contribution in [-0.2, 0) is 4.57 Å². The molecule has 1 aromatic carbocycles. The van der Waals surface area contributed by atoms with E-state index in [2.05, 4.69) is 0 Å². The van der Waals surface area contributed by atoms with Crippen molar-refractivity contribution in [3.05, 3.63) is 28.8 Å². The maximum Gasteiger partial charge on any atom is 0.253 e. The number of hydrogen-bond acceptors (Lipinski definition) is 3. The van der Waals surface area contributed by atoms with Crippen LogP contribution in [0.25, 0.3) is 0 Å². The Kier molecular flexibility index (Phi) is 2.79. The molecular formula is C9H9O3P. The van der Waals surface area contributed by atoms with Crippen molar-refractivity contribution in [2.45, 2.75) is 13.8 Å². The molecule has 68 valence electrons. The molecule has 0 unspecified atom stereocenters. The van der Waals surface area contributed by atoms with Crippen LogP contribution in [0.1, 0.15) is 21.5 Å². The Balaban J connectivity index is 3.36. The topological polar surface area (TPSA) is 54.4 Å². The van der Waals surface area contributed by atoms with Crippen LogP contribution >= 0.6 is 8.46 Å². The van der Waals surface area contributed by atoms with Crippen molar-refractivity contribution in [3.63, 3.8) is 0 Å². The first kappa shape index (κ1) is 9.87. The molecule has 0 amide bonds. The molecule has 0 aliphatic carbocycles. The smallest absolute Gasteiger partial charge is 0.253 e. The van der Waals surface area contributed by atoms with E-state index < -0.39 is 14.0 Å². The number of aromatic hydroxyl groups is 1. The molecule has 0 aromatic heterocycles. The van der Waals surface area contributed by atoms with Crippen molar-refractivity contribution in [3.8, 4) is 5.75 Å². The second-order valence-corrected chi connectivity index (χ2v) is 3.44. The van der Waals surface area contributed by atoms with Crippen LogP contribution in [0.4, 0.5) is 0 Å². The first-order valence-electron chi connectivity index (χ1n) is 3.74. The maximum atomic E-state index is 11.2. The number of aryl methyl sites for hydroxylation is 2. The number of phenols is 1. The van der Waals surface area contributed by atoms with Crippen molar-refractivity contribution in [2.75, 3.05) is 0 Å². The van der Waals surface area contributed by atoms with E-state index in [1.54, 1.807) is 13.8 Å². The van der Waals surface area contributed by atoms with Crippen LogP contribution in [-0.4, -0.2) is 10.6 Å². The van der Waals surface area contributed by atoms with E-state index in [1.165, 1.54) is 12.1 Å². The van der Waals surface area contributed by atoms with Crippen LogP contribution < -0.4 is 0 Å². The number of rotatable bonds is 2. The summed E-state index contributed by atoms with van der Waals surface area (Å²) in [5.74, 6) is 0.120. The zero-order valence-corrected chi connectivity index (χ0v) is 8.26. The van der Waals surface area contributed by atoms with Crippen molar-refractivity contribution in [1.29, 1.82) is 0 Å². The van der Waals surface area contributed by atoms with Crippen molar-refractivity contribution in [2.24, 2.45) is 0 Å². The van der Waals surface area contributed by atoms with Crippen LogP contribution in [0.3, 0.4) is 0 Å². The number of carbonyl (C=O) groups excluding carboxylic acids is 1. The highest BCUT2D eigenvalue weighted by Gasteiger charge is 2.12. The summed E-state index contributed by atoms with van der Waals surface area (Å²) in [6.45, 7) is 3.40. The summed E-state index contributed by atoms with van der Waals surface area (Å²) in [6, 6.07) is 2.96. The molecule has 4 heteroatoms. The van der Waals surface area contributed by atoms with E-state index in [1.807, 2.05) is 0 Å². The lowest BCUT2D eigenvalue weighted by molar-refractivity contribution is 0.108. The van der Waals surface area contributed by atoms with Gasteiger partial charge in [-0.2, -0.15) is 0 Å². The Bertz CT molecular complexity index is 348. The Morgan fingerprint density at radius 1 is 1.31 bits per heavy atom. The lowest BCUT2D eigenvalue weighted by atomic mass is 10.0. The van der Waals surface area contributed by atoms with E-state index in [-0.39, 0.29) is 5.75 Å². The molecule has 13 heavy (non-hydrogen) atoms. The Labute approximate surface area is 77.6 Å². The number of hydrogen-bond donors (Lipinski definition) is 1. The van der Waals surface area contributed by atoms with Gasteiger partial charge in [0.05, 0.1) is 0 Å². The largest absolute Gasteiger partial charge is 0.508 e. The minimum Gasteiger partial charge on any atom is -0.508 e. The number of carbonyl (C=O) groups is 1. The summed E-state index contributed by atoms with van der Waals surface area (Å²) in [7, 11) is -0.515. The normalized spacial score (nSPS) is 10.3. The molecule has 0 aliphatic rings. The molecular weight excluding hydrogens is 187 g/mol. The summed E-state index contributed by atoms with van der Waals surface area (Å²) in [6.07, 6.45) is 0. The van der Waals surface area contributed by atoms with Crippen molar-refractivity contribution in [1.82, 2.24) is 0 Å². The van der Waals surface area contributed by atoms with Gasteiger partial charge in [-0.3, -0.25) is 9.36 Å². The average molecular weight is 196 g/mol. The van der Waals surface area contributed by atoms with Crippen LogP contribution in [0.5, 0.6) is 5.75 Å². The highest BCUT2D eigenvalue weighted by Crippen LogP contribution is 2.23. The van der Waals surface area contributed by atoms with Crippen molar-refractivity contribution < 1.29 is 14.5 Å². The Morgan fingerprint density at radius 2 is 1.77 bits per heavy atom. The molecule has 3 nitrogen and oxygen atoms in total. The number of benzene rings is 1. The van der Waals surface area contributed by atoms with Gasteiger partial charge in [0.25, 0.3) is 5.52 Å². The number of phenolic OH excluding ortho intramolecular Hbond substituents is 1. The van der Waals surface area contributed by atoms with E-state index in [4.69, 9.17) is 0 Å². The molecule has 0 bridgehead atoms. The van der Waals surface area contributed by atoms with Crippen LogP contribution in [0.2, 0.25) is 0 Å². The van der Waals surface area contributed by atoms with E-state index in [9.17, 15) is 14.5 Å². The molecule has 0 aliphatic heterocycles. The SMILES string of the molecule is Cc1cc(O)cc(C)c1C(=O)P=O. The van der Waals surface area contributed by atoms with Gasteiger partial charge in [-0.05, 0) is 37.1 Å².